The normalized spacial score (nSPS) is 20.6. The number of hydrogen-bond donors (Lipinski definition) is 1. The molecule has 0 saturated heterocycles. The van der Waals surface area contributed by atoms with Crippen molar-refractivity contribution in [1.82, 2.24) is 5.32 Å². The molecule has 0 saturated carbocycles. The first-order chi connectivity index (χ1) is 8.02. The Labute approximate surface area is 99.0 Å². The van der Waals surface area contributed by atoms with Crippen LogP contribution in [0.5, 0.6) is 0 Å². The van der Waals surface area contributed by atoms with E-state index in [9.17, 15) is 13.2 Å². The van der Waals surface area contributed by atoms with Crippen molar-refractivity contribution in [3.63, 3.8) is 0 Å². The SMILES string of the molecule is CCNC(CC1Cc2ccccc21)C(F)(F)F. The molecule has 94 valence electrons. The lowest BCUT2D eigenvalue weighted by atomic mass is 9.74. The zero-order valence-corrected chi connectivity index (χ0v) is 9.72. The molecule has 1 aromatic rings. The molecule has 1 aliphatic rings. The predicted molar refractivity (Wildman–Crippen MR) is 61.0 cm³/mol. The smallest absolute Gasteiger partial charge is 0.306 e. The van der Waals surface area contributed by atoms with Crippen LogP contribution < -0.4 is 5.32 Å². The Morgan fingerprint density at radius 2 is 2.06 bits per heavy atom. The average molecular weight is 243 g/mol. The molecule has 0 aliphatic heterocycles. The Kier molecular flexibility index (Phi) is 3.43. The lowest BCUT2D eigenvalue weighted by molar-refractivity contribution is -0.158. The van der Waals surface area contributed by atoms with Gasteiger partial charge >= 0.3 is 6.18 Å². The van der Waals surface area contributed by atoms with Gasteiger partial charge in [0.15, 0.2) is 0 Å². The van der Waals surface area contributed by atoms with Crippen LogP contribution in [0.1, 0.15) is 30.4 Å². The molecule has 17 heavy (non-hydrogen) atoms. The highest BCUT2D eigenvalue weighted by molar-refractivity contribution is 5.39. The molecule has 1 aromatic carbocycles. The Morgan fingerprint density at radius 1 is 1.35 bits per heavy atom. The quantitative estimate of drug-likeness (QED) is 0.856. The summed E-state index contributed by atoms with van der Waals surface area (Å²) in [5.41, 5.74) is 2.27. The van der Waals surface area contributed by atoms with Gasteiger partial charge in [-0.15, -0.1) is 0 Å². The van der Waals surface area contributed by atoms with Crippen LogP contribution in [0.3, 0.4) is 0 Å². The summed E-state index contributed by atoms with van der Waals surface area (Å²) in [7, 11) is 0. The van der Waals surface area contributed by atoms with Crippen LogP contribution in [0, 0.1) is 0 Å². The fourth-order valence-electron chi connectivity index (χ4n) is 2.44. The number of fused-ring (bicyclic) bond motifs is 1. The summed E-state index contributed by atoms with van der Waals surface area (Å²) >= 11 is 0. The van der Waals surface area contributed by atoms with Crippen molar-refractivity contribution >= 4 is 0 Å². The van der Waals surface area contributed by atoms with E-state index >= 15 is 0 Å². The maximum Gasteiger partial charge on any atom is 0.403 e. The van der Waals surface area contributed by atoms with Crippen LogP contribution >= 0.6 is 0 Å². The highest BCUT2D eigenvalue weighted by atomic mass is 19.4. The molecule has 4 heteroatoms. The van der Waals surface area contributed by atoms with Gasteiger partial charge in [0, 0.05) is 0 Å². The largest absolute Gasteiger partial charge is 0.403 e. The molecular formula is C13H16F3N. The highest BCUT2D eigenvalue weighted by Gasteiger charge is 2.42. The standard InChI is InChI=1S/C13H16F3N/c1-2-17-12(13(14,15)16)8-10-7-9-5-3-4-6-11(9)10/h3-6,10,12,17H,2,7-8H2,1H3. The minimum absolute atomic E-state index is 0.0527. The van der Waals surface area contributed by atoms with E-state index in [0.717, 1.165) is 12.0 Å². The molecule has 2 unspecified atom stereocenters. The van der Waals surface area contributed by atoms with Gasteiger partial charge in [0.25, 0.3) is 0 Å². The maximum absolute atomic E-state index is 12.7. The lowest BCUT2D eigenvalue weighted by Gasteiger charge is -2.34. The fourth-order valence-corrected chi connectivity index (χ4v) is 2.44. The number of rotatable bonds is 4. The van der Waals surface area contributed by atoms with Crippen LogP contribution in [0.15, 0.2) is 24.3 Å². The van der Waals surface area contributed by atoms with Crippen molar-refractivity contribution < 1.29 is 13.2 Å². The Balaban J connectivity index is 2.02. The second kappa shape index (κ2) is 4.69. The van der Waals surface area contributed by atoms with Gasteiger partial charge in [0.1, 0.15) is 6.04 Å². The van der Waals surface area contributed by atoms with Gasteiger partial charge in [-0.1, -0.05) is 31.2 Å². The summed E-state index contributed by atoms with van der Waals surface area (Å²) in [5.74, 6) is 0.0527. The number of halogens is 3. The van der Waals surface area contributed by atoms with Crippen molar-refractivity contribution in [2.24, 2.45) is 0 Å². The summed E-state index contributed by atoms with van der Waals surface area (Å²) in [5, 5.41) is 2.53. The van der Waals surface area contributed by atoms with Crippen LogP contribution in [0.4, 0.5) is 13.2 Å². The topological polar surface area (TPSA) is 12.0 Å². The summed E-state index contributed by atoms with van der Waals surface area (Å²) < 4.78 is 38.2. The molecule has 0 heterocycles. The van der Waals surface area contributed by atoms with E-state index in [1.165, 1.54) is 5.56 Å². The van der Waals surface area contributed by atoms with E-state index in [4.69, 9.17) is 0 Å². The van der Waals surface area contributed by atoms with E-state index in [-0.39, 0.29) is 12.3 Å². The van der Waals surface area contributed by atoms with Gasteiger partial charge in [-0.05, 0) is 36.4 Å². The lowest BCUT2D eigenvalue weighted by Crippen LogP contribution is -2.44. The first-order valence-electron chi connectivity index (χ1n) is 5.90. The summed E-state index contributed by atoms with van der Waals surface area (Å²) in [6, 6.07) is 6.36. The highest BCUT2D eigenvalue weighted by Crippen LogP contribution is 2.40. The molecular weight excluding hydrogens is 227 g/mol. The Bertz CT molecular complexity index is 386. The van der Waals surface area contributed by atoms with Crippen molar-refractivity contribution in [1.29, 1.82) is 0 Å². The van der Waals surface area contributed by atoms with E-state index in [1.54, 1.807) is 6.92 Å². The van der Waals surface area contributed by atoms with Gasteiger partial charge in [0.05, 0.1) is 0 Å². The Morgan fingerprint density at radius 3 is 2.65 bits per heavy atom. The van der Waals surface area contributed by atoms with E-state index in [0.29, 0.717) is 6.54 Å². The van der Waals surface area contributed by atoms with Gasteiger partial charge in [0.2, 0.25) is 0 Å². The zero-order valence-electron chi connectivity index (χ0n) is 9.72. The minimum atomic E-state index is -4.15. The molecule has 0 amide bonds. The van der Waals surface area contributed by atoms with Crippen molar-refractivity contribution in [3.05, 3.63) is 35.4 Å². The van der Waals surface area contributed by atoms with Crippen molar-refractivity contribution in [3.8, 4) is 0 Å². The van der Waals surface area contributed by atoms with E-state index in [1.807, 2.05) is 24.3 Å². The van der Waals surface area contributed by atoms with Crippen LogP contribution in [0.2, 0.25) is 0 Å². The number of alkyl halides is 3. The van der Waals surface area contributed by atoms with E-state index < -0.39 is 12.2 Å². The summed E-state index contributed by atoms with van der Waals surface area (Å²) in [4.78, 5) is 0. The molecule has 0 spiro atoms. The van der Waals surface area contributed by atoms with Gasteiger partial charge < -0.3 is 5.32 Å². The van der Waals surface area contributed by atoms with Gasteiger partial charge in [-0.25, -0.2) is 0 Å². The summed E-state index contributed by atoms with van der Waals surface area (Å²) in [6.45, 7) is 2.05. The number of nitrogens with one attached hydrogen (secondary N) is 1. The average Bonchev–Trinajstić information content (AvgIpc) is 2.23. The number of hydrogen-bond acceptors (Lipinski definition) is 1. The van der Waals surface area contributed by atoms with Crippen LogP contribution in [-0.2, 0) is 6.42 Å². The first kappa shape index (κ1) is 12.4. The minimum Gasteiger partial charge on any atom is -0.306 e. The molecule has 2 rings (SSSR count). The maximum atomic E-state index is 12.7. The molecule has 1 N–H and O–H groups in total. The van der Waals surface area contributed by atoms with Crippen LogP contribution in [0.25, 0.3) is 0 Å². The number of benzene rings is 1. The zero-order chi connectivity index (χ0) is 12.5. The van der Waals surface area contributed by atoms with Crippen molar-refractivity contribution in [2.45, 2.75) is 37.9 Å². The molecule has 1 nitrogen and oxygen atoms in total. The van der Waals surface area contributed by atoms with E-state index in [2.05, 4.69) is 5.32 Å². The monoisotopic (exact) mass is 243 g/mol. The Hall–Kier alpha value is -1.03. The fraction of sp³-hybridized carbons (Fsp3) is 0.538. The second-order valence-corrected chi connectivity index (χ2v) is 4.49. The van der Waals surface area contributed by atoms with Gasteiger partial charge in [-0.3, -0.25) is 0 Å². The third-order valence-electron chi connectivity index (χ3n) is 3.33. The first-order valence-corrected chi connectivity index (χ1v) is 5.90. The van der Waals surface area contributed by atoms with Crippen LogP contribution in [-0.4, -0.2) is 18.8 Å². The second-order valence-electron chi connectivity index (χ2n) is 4.49. The molecule has 0 bridgehead atoms. The molecule has 2 atom stereocenters. The predicted octanol–water partition coefficient (Wildman–Crippen LogP) is 3.26. The molecule has 0 radical (unpaired) electrons. The van der Waals surface area contributed by atoms with Gasteiger partial charge in [-0.2, -0.15) is 13.2 Å². The van der Waals surface area contributed by atoms with Crippen molar-refractivity contribution in [2.75, 3.05) is 6.54 Å². The third kappa shape index (κ3) is 2.63. The molecule has 0 fully saturated rings. The molecule has 1 aliphatic carbocycles. The molecule has 0 aromatic heterocycles. The summed E-state index contributed by atoms with van der Waals surface area (Å²) in [6.07, 6.45) is -3.23. The third-order valence-corrected chi connectivity index (χ3v) is 3.33.